The van der Waals surface area contributed by atoms with Crippen LogP contribution in [-0.2, 0) is 26.0 Å². The summed E-state index contributed by atoms with van der Waals surface area (Å²) in [6.07, 6.45) is -2.32. The van der Waals surface area contributed by atoms with E-state index < -0.39 is 36.9 Å². The van der Waals surface area contributed by atoms with Gasteiger partial charge in [-0.25, -0.2) is 21.1 Å². The quantitative estimate of drug-likeness (QED) is 0.763. The molecule has 0 N–H and O–H groups in total. The number of hydrogen-bond acceptors (Lipinski definition) is 4. The number of hydrogen-bond donors (Lipinski definition) is 0. The molecule has 1 saturated heterocycles. The maximum Gasteiger partial charge on any atom is 0.416 e. The van der Waals surface area contributed by atoms with Gasteiger partial charge in [-0.2, -0.15) is 13.2 Å². The van der Waals surface area contributed by atoms with E-state index >= 15 is 0 Å². The molecule has 10 heteroatoms. The molecule has 1 aliphatic rings. The zero-order valence-corrected chi connectivity index (χ0v) is 15.5. The van der Waals surface area contributed by atoms with E-state index in [0.29, 0.717) is 12.8 Å². The van der Waals surface area contributed by atoms with Gasteiger partial charge in [-0.15, -0.1) is 0 Å². The molecule has 1 aromatic rings. The molecule has 1 heterocycles. The summed E-state index contributed by atoms with van der Waals surface area (Å²) in [7, 11) is -7.47. The third-order valence-corrected chi connectivity index (χ3v) is 7.88. The van der Waals surface area contributed by atoms with Crippen LogP contribution in [0.2, 0.25) is 0 Å². The molecule has 5 nitrogen and oxygen atoms in total. The molecule has 0 aromatic heterocycles. The van der Waals surface area contributed by atoms with Crippen LogP contribution < -0.4 is 0 Å². The first-order chi connectivity index (χ1) is 11.4. The Balaban J connectivity index is 2.36. The minimum absolute atomic E-state index is 0.108. The van der Waals surface area contributed by atoms with Crippen LogP contribution in [-0.4, -0.2) is 45.7 Å². The minimum atomic E-state index is -4.55. The SMILES string of the molecule is CCC[C@@H]1CN(S(C)(=O)=O)CC1S(=O)(=O)c1ccc(C(F)(F)F)cc1. The standard InChI is InChI=1S/C15H20F3NO4S2/c1-3-4-11-9-19(24(2,20)21)10-14(11)25(22,23)13-7-5-12(6-8-13)15(16,17)18/h5-8,11,14H,3-4,9-10H2,1-2H3/t11-,14?/m1/s1. The van der Waals surface area contributed by atoms with E-state index in [0.717, 1.165) is 34.8 Å². The number of sulfonamides is 1. The largest absolute Gasteiger partial charge is 0.416 e. The van der Waals surface area contributed by atoms with Crippen LogP contribution in [0.25, 0.3) is 0 Å². The fourth-order valence-corrected chi connectivity index (χ4v) is 6.04. The Kier molecular flexibility index (Phi) is 5.56. The average Bonchev–Trinajstić information content (AvgIpc) is 2.92. The number of halogens is 3. The van der Waals surface area contributed by atoms with Crippen molar-refractivity contribution in [3.63, 3.8) is 0 Å². The highest BCUT2D eigenvalue weighted by Crippen LogP contribution is 2.34. The van der Waals surface area contributed by atoms with E-state index in [1.807, 2.05) is 6.92 Å². The molecule has 1 unspecified atom stereocenters. The van der Waals surface area contributed by atoms with E-state index in [9.17, 15) is 30.0 Å². The third kappa shape index (κ3) is 4.35. The second-order valence-corrected chi connectivity index (χ2v) is 10.4. The van der Waals surface area contributed by atoms with Gasteiger partial charge in [0.2, 0.25) is 10.0 Å². The smallest absolute Gasteiger partial charge is 0.223 e. The predicted octanol–water partition coefficient (Wildman–Crippen LogP) is 2.54. The molecule has 2 atom stereocenters. The summed E-state index contributed by atoms with van der Waals surface area (Å²) in [5.74, 6) is -0.382. The van der Waals surface area contributed by atoms with Gasteiger partial charge in [0.05, 0.1) is 22.0 Å². The highest BCUT2D eigenvalue weighted by Gasteiger charge is 2.44. The summed E-state index contributed by atoms with van der Waals surface area (Å²) in [4.78, 5) is -0.220. The number of rotatable bonds is 5. The lowest BCUT2D eigenvalue weighted by molar-refractivity contribution is -0.137. The molecule has 0 amide bonds. The van der Waals surface area contributed by atoms with Crippen molar-refractivity contribution in [1.82, 2.24) is 4.31 Å². The van der Waals surface area contributed by atoms with Crippen LogP contribution in [0.5, 0.6) is 0 Å². The first-order valence-electron chi connectivity index (χ1n) is 7.73. The normalized spacial score (nSPS) is 23.1. The van der Waals surface area contributed by atoms with E-state index in [1.165, 1.54) is 0 Å². The van der Waals surface area contributed by atoms with Crippen molar-refractivity contribution in [1.29, 1.82) is 0 Å². The molecule has 0 spiro atoms. The van der Waals surface area contributed by atoms with Gasteiger partial charge in [0.1, 0.15) is 0 Å². The zero-order valence-electron chi connectivity index (χ0n) is 13.8. The minimum Gasteiger partial charge on any atom is -0.223 e. The Hall–Kier alpha value is -1.13. The van der Waals surface area contributed by atoms with Crippen LogP contribution in [0.3, 0.4) is 0 Å². The first kappa shape index (κ1) is 20.2. The van der Waals surface area contributed by atoms with Gasteiger partial charge in [-0.1, -0.05) is 13.3 Å². The van der Waals surface area contributed by atoms with Crippen molar-refractivity contribution in [3.8, 4) is 0 Å². The lowest BCUT2D eigenvalue weighted by Gasteiger charge is -2.18. The predicted molar refractivity (Wildman–Crippen MR) is 87.2 cm³/mol. The second kappa shape index (κ2) is 6.88. The van der Waals surface area contributed by atoms with Gasteiger partial charge in [-0.05, 0) is 36.6 Å². The summed E-state index contributed by atoms with van der Waals surface area (Å²) in [6.45, 7) is 1.80. The van der Waals surface area contributed by atoms with Crippen molar-refractivity contribution >= 4 is 19.9 Å². The van der Waals surface area contributed by atoms with Crippen LogP contribution >= 0.6 is 0 Å². The monoisotopic (exact) mass is 399 g/mol. The van der Waals surface area contributed by atoms with Gasteiger partial charge < -0.3 is 0 Å². The van der Waals surface area contributed by atoms with Crippen molar-refractivity contribution in [2.45, 2.75) is 36.1 Å². The molecule has 1 aliphatic heterocycles. The average molecular weight is 399 g/mol. The van der Waals surface area contributed by atoms with Gasteiger partial charge in [0, 0.05) is 13.1 Å². The molecule has 1 aromatic carbocycles. The van der Waals surface area contributed by atoms with Gasteiger partial charge in [0.15, 0.2) is 9.84 Å². The fourth-order valence-electron chi connectivity index (χ4n) is 3.08. The summed E-state index contributed by atoms with van der Waals surface area (Å²) in [5.41, 5.74) is -0.930. The van der Waals surface area contributed by atoms with E-state index in [-0.39, 0.29) is 23.9 Å². The molecule has 1 fully saturated rings. The third-order valence-electron chi connectivity index (χ3n) is 4.38. The Morgan fingerprint density at radius 1 is 1.08 bits per heavy atom. The molecule has 0 aliphatic carbocycles. The van der Waals surface area contributed by atoms with Gasteiger partial charge in [0.25, 0.3) is 0 Å². The number of sulfone groups is 1. The fraction of sp³-hybridized carbons (Fsp3) is 0.600. The van der Waals surface area contributed by atoms with Crippen LogP contribution in [0.15, 0.2) is 29.2 Å². The highest BCUT2D eigenvalue weighted by atomic mass is 32.2. The van der Waals surface area contributed by atoms with Crippen molar-refractivity contribution in [2.24, 2.45) is 5.92 Å². The zero-order chi connectivity index (χ0) is 19.0. The van der Waals surface area contributed by atoms with Crippen molar-refractivity contribution in [2.75, 3.05) is 19.3 Å². The summed E-state index contributed by atoms with van der Waals surface area (Å²) >= 11 is 0. The summed E-state index contributed by atoms with van der Waals surface area (Å²) in [5, 5.41) is -0.959. The van der Waals surface area contributed by atoms with Crippen molar-refractivity contribution in [3.05, 3.63) is 29.8 Å². The number of alkyl halides is 3. The van der Waals surface area contributed by atoms with Crippen molar-refractivity contribution < 1.29 is 30.0 Å². The Labute approximate surface area is 145 Å². The molecule has 0 radical (unpaired) electrons. The number of nitrogens with zero attached hydrogens (tertiary/aromatic N) is 1. The molecular formula is C15H20F3NO4S2. The summed E-state index contributed by atoms with van der Waals surface area (Å²) < 4.78 is 88.2. The lowest BCUT2D eigenvalue weighted by atomic mass is 10.0. The second-order valence-electron chi connectivity index (χ2n) is 6.23. The van der Waals surface area contributed by atoms with Crippen LogP contribution in [0, 0.1) is 5.92 Å². The molecule has 25 heavy (non-hydrogen) atoms. The highest BCUT2D eigenvalue weighted by molar-refractivity contribution is 7.92. The maximum atomic E-state index is 12.9. The van der Waals surface area contributed by atoms with E-state index in [2.05, 4.69) is 0 Å². The lowest BCUT2D eigenvalue weighted by Crippen LogP contribution is -2.32. The van der Waals surface area contributed by atoms with Crippen LogP contribution in [0.1, 0.15) is 25.3 Å². The van der Waals surface area contributed by atoms with Gasteiger partial charge >= 0.3 is 6.18 Å². The van der Waals surface area contributed by atoms with Gasteiger partial charge in [-0.3, -0.25) is 0 Å². The Bertz CT molecular complexity index is 817. The van der Waals surface area contributed by atoms with Crippen LogP contribution in [0.4, 0.5) is 13.2 Å². The topological polar surface area (TPSA) is 71.5 Å². The van der Waals surface area contributed by atoms with E-state index in [1.54, 1.807) is 0 Å². The first-order valence-corrected chi connectivity index (χ1v) is 11.1. The maximum absolute atomic E-state index is 12.9. The molecular weight excluding hydrogens is 379 g/mol. The molecule has 0 bridgehead atoms. The number of benzene rings is 1. The Morgan fingerprint density at radius 2 is 1.64 bits per heavy atom. The Morgan fingerprint density at radius 3 is 2.08 bits per heavy atom. The molecule has 0 saturated carbocycles. The summed E-state index contributed by atoms with van der Waals surface area (Å²) in [6, 6.07) is 3.32. The molecule has 2 rings (SSSR count). The molecule has 142 valence electrons. The van der Waals surface area contributed by atoms with E-state index in [4.69, 9.17) is 0 Å².